The monoisotopic (exact) mass is 261 g/mol. The molecule has 0 heterocycles. The van der Waals surface area contributed by atoms with E-state index in [1.54, 1.807) is 17.8 Å². The molecule has 0 saturated heterocycles. The van der Waals surface area contributed by atoms with Crippen molar-refractivity contribution in [2.75, 3.05) is 0 Å². The molecular formula is C15H16FNS. The lowest BCUT2D eigenvalue weighted by atomic mass is 10.1. The van der Waals surface area contributed by atoms with Crippen molar-refractivity contribution in [3.63, 3.8) is 0 Å². The molecular weight excluding hydrogens is 245 g/mol. The van der Waals surface area contributed by atoms with E-state index in [9.17, 15) is 4.39 Å². The van der Waals surface area contributed by atoms with Crippen molar-refractivity contribution in [1.82, 2.24) is 0 Å². The van der Waals surface area contributed by atoms with Crippen LogP contribution in [0.5, 0.6) is 0 Å². The highest BCUT2D eigenvalue weighted by atomic mass is 32.2. The summed E-state index contributed by atoms with van der Waals surface area (Å²) < 4.78 is 13.2. The van der Waals surface area contributed by atoms with Gasteiger partial charge in [0.25, 0.3) is 0 Å². The third-order valence-electron chi connectivity index (χ3n) is 2.68. The van der Waals surface area contributed by atoms with Gasteiger partial charge in [0, 0.05) is 15.8 Å². The first-order valence-corrected chi connectivity index (χ1v) is 6.67. The van der Waals surface area contributed by atoms with Gasteiger partial charge in [0.05, 0.1) is 0 Å². The lowest BCUT2D eigenvalue weighted by molar-refractivity contribution is 0.619. The predicted octanol–water partition coefficient (Wildman–Crippen LogP) is 4.31. The lowest BCUT2D eigenvalue weighted by Crippen LogP contribution is -2.06. The van der Waals surface area contributed by atoms with Crippen LogP contribution in [0.15, 0.2) is 52.3 Å². The average Bonchev–Trinajstić information content (AvgIpc) is 2.31. The molecule has 3 heteroatoms. The summed E-state index contributed by atoms with van der Waals surface area (Å²) in [6.45, 7) is 3.93. The highest BCUT2D eigenvalue weighted by molar-refractivity contribution is 7.99. The molecule has 18 heavy (non-hydrogen) atoms. The SMILES string of the molecule is Cc1cccc(Sc2ccc(F)cc2C(C)N)c1. The number of benzene rings is 2. The molecule has 0 radical (unpaired) electrons. The summed E-state index contributed by atoms with van der Waals surface area (Å²) in [4.78, 5) is 2.15. The van der Waals surface area contributed by atoms with Crippen LogP contribution in [0.4, 0.5) is 4.39 Å². The van der Waals surface area contributed by atoms with Gasteiger partial charge in [0.2, 0.25) is 0 Å². The van der Waals surface area contributed by atoms with E-state index < -0.39 is 0 Å². The molecule has 0 aliphatic carbocycles. The Labute approximate surface area is 111 Å². The third kappa shape index (κ3) is 3.12. The number of rotatable bonds is 3. The molecule has 0 aliphatic heterocycles. The van der Waals surface area contributed by atoms with Gasteiger partial charge >= 0.3 is 0 Å². The highest BCUT2D eigenvalue weighted by Crippen LogP contribution is 2.33. The van der Waals surface area contributed by atoms with E-state index in [1.807, 2.05) is 19.1 Å². The number of hydrogen-bond acceptors (Lipinski definition) is 2. The van der Waals surface area contributed by atoms with E-state index in [2.05, 4.69) is 19.1 Å². The molecule has 2 N–H and O–H groups in total. The first kappa shape index (κ1) is 13.1. The molecule has 0 amide bonds. The standard InChI is InChI=1S/C15H16FNS/c1-10-4-3-5-13(8-10)18-15-7-6-12(16)9-14(15)11(2)17/h3-9,11H,17H2,1-2H3. The van der Waals surface area contributed by atoms with Gasteiger partial charge < -0.3 is 5.73 Å². The average molecular weight is 261 g/mol. The molecule has 0 spiro atoms. The van der Waals surface area contributed by atoms with E-state index in [0.29, 0.717) is 0 Å². The number of aryl methyl sites for hydroxylation is 1. The Morgan fingerprint density at radius 3 is 2.61 bits per heavy atom. The summed E-state index contributed by atoms with van der Waals surface area (Å²) in [5.74, 6) is -0.240. The fraction of sp³-hybridized carbons (Fsp3) is 0.200. The first-order valence-electron chi connectivity index (χ1n) is 5.86. The van der Waals surface area contributed by atoms with Crippen molar-refractivity contribution in [3.05, 3.63) is 59.4 Å². The summed E-state index contributed by atoms with van der Waals surface area (Å²) in [5, 5.41) is 0. The molecule has 1 unspecified atom stereocenters. The fourth-order valence-corrected chi connectivity index (χ4v) is 2.92. The summed E-state index contributed by atoms with van der Waals surface area (Å²) >= 11 is 1.62. The Bertz CT molecular complexity index is 552. The summed E-state index contributed by atoms with van der Waals surface area (Å²) in [5.41, 5.74) is 7.95. The molecule has 0 aromatic heterocycles. The Balaban J connectivity index is 2.34. The second-order valence-electron chi connectivity index (χ2n) is 4.39. The minimum absolute atomic E-state index is 0.173. The number of halogens is 1. The van der Waals surface area contributed by atoms with Crippen molar-refractivity contribution in [3.8, 4) is 0 Å². The Morgan fingerprint density at radius 1 is 1.17 bits per heavy atom. The van der Waals surface area contributed by atoms with Crippen LogP contribution >= 0.6 is 11.8 Å². The van der Waals surface area contributed by atoms with Crippen molar-refractivity contribution >= 4 is 11.8 Å². The smallest absolute Gasteiger partial charge is 0.123 e. The van der Waals surface area contributed by atoms with Crippen LogP contribution < -0.4 is 5.73 Å². The zero-order valence-electron chi connectivity index (χ0n) is 10.5. The fourth-order valence-electron chi connectivity index (χ4n) is 1.77. The summed E-state index contributed by atoms with van der Waals surface area (Å²) in [7, 11) is 0. The molecule has 1 atom stereocenters. The van der Waals surface area contributed by atoms with Crippen molar-refractivity contribution in [1.29, 1.82) is 0 Å². The van der Waals surface area contributed by atoms with Crippen molar-refractivity contribution < 1.29 is 4.39 Å². The molecule has 0 aliphatic rings. The first-order chi connectivity index (χ1) is 8.56. The van der Waals surface area contributed by atoms with Crippen LogP contribution in [-0.4, -0.2) is 0 Å². The maximum absolute atomic E-state index is 13.2. The van der Waals surface area contributed by atoms with E-state index in [1.165, 1.54) is 17.7 Å². The largest absolute Gasteiger partial charge is 0.324 e. The maximum Gasteiger partial charge on any atom is 0.123 e. The molecule has 94 valence electrons. The van der Waals surface area contributed by atoms with Gasteiger partial charge in [-0.15, -0.1) is 0 Å². The molecule has 2 aromatic carbocycles. The van der Waals surface area contributed by atoms with Crippen LogP contribution in [0.2, 0.25) is 0 Å². The zero-order chi connectivity index (χ0) is 13.1. The van der Waals surface area contributed by atoms with Crippen LogP contribution in [0.1, 0.15) is 24.1 Å². The molecule has 1 nitrogen and oxygen atoms in total. The van der Waals surface area contributed by atoms with Gasteiger partial charge in [-0.1, -0.05) is 29.5 Å². The quantitative estimate of drug-likeness (QED) is 0.891. The number of hydrogen-bond donors (Lipinski definition) is 1. The summed E-state index contributed by atoms with van der Waals surface area (Å²) in [6.07, 6.45) is 0. The van der Waals surface area contributed by atoms with Crippen molar-refractivity contribution in [2.24, 2.45) is 5.73 Å². The van der Waals surface area contributed by atoms with Gasteiger partial charge in [-0.05, 0) is 49.7 Å². The Morgan fingerprint density at radius 2 is 1.94 bits per heavy atom. The van der Waals surface area contributed by atoms with Crippen molar-refractivity contribution in [2.45, 2.75) is 29.7 Å². The van der Waals surface area contributed by atoms with E-state index in [0.717, 1.165) is 15.4 Å². The third-order valence-corrected chi connectivity index (χ3v) is 3.76. The molecule has 0 bridgehead atoms. The Kier molecular flexibility index (Phi) is 4.04. The van der Waals surface area contributed by atoms with Crippen LogP contribution in [0.3, 0.4) is 0 Å². The van der Waals surface area contributed by atoms with Crippen LogP contribution in [0, 0.1) is 12.7 Å². The van der Waals surface area contributed by atoms with E-state index in [-0.39, 0.29) is 11.9 Å². The molecule has 0 fully saturated rings. The minimum Gasteiger partial charge on any atom is -0.324 e. The Hall–Kier alpha value is -1.32. The van der Waals surface area contributed by atoms with Crippen LogP contribution in [0.25, 0.3) is 0 Å². The maximum atomic E-state index is 13.2. The van der Waals surface area contributed by atoms with Gasteiger partial charge in [-0.2, -0.15) is 0 Å². The molecule has 0 saturated carbocycles. The van der Waals surface area contributed by atoms with Gasteiger partial charge in [0.1, 0.15) is 5.82 Å². The number of nitrogens with two attached hydrogens (primary N) is 1. The summed E-state index contributed by atoms with van der Waals surface area (Å²) in [6, 6.07) is 12.8. The van der Waals surface area contributed by atoms with Gasteiger partial charge in [-0.25, -0.2) is 4.39 Å². The minimum atomic E-state index is -0.240. The van der Waals surface area contributed by atoms with E-state index >= 15 is 0 Å². The van der Waals surface area contributed by atoms with Gasteiger partial charge in [-0.3, -0.25) is 0 Å². The van der Waals surface area contributed by atoms with E-state index in [4.69, 9.17) is 5.73 Å². The highest BCUT2D eigenvalue weighted by Gasteiger charge is 2.09. The molecule has 2 aromatic rings. The normalized spacial score (nSPS) is 12.4. The zero-order valence-corrected chi connectivity index (χ0v) is 11.3. The second kappa shape index (κ2) is 5.55. The van der Waals surface area contributed by atoms with Gasteiger partial charge in [0.15, 0.2) is 0 Å². The lowest BCUT2D eigenvalue weighted by Gasteiger charge is -2.12. The van der Waals surface area contributed by atoms with Crippen LogP contribution in [-0.2, 0) is 0 Å². The molecule has 2 rings (SSSR count). The predicted molar refractivity (Wildman–Crippen MR) is 74.3 cm³/mol. The topological polar surface area (TPSA) is 26.0 Å². The second-order valence-corrected chi connectivity index (χ2v) is 5.50.